The SMILES string of the molecule is CC(C)(C)c1ccc(O)c(NC(=O)CC2CCCC2)c1O. The van der Waals surface area contributed by atoms with Gasteiger partial charge in [-0.15, -0.1) is 0 Å². The van der Waals surface area contributed by atoms with Gasteiger partial charge in [0.2, 0.25) is 5.91 Å². The molecule has 1 aliphatic rings. The van der Waals surface area contributed by atoms with E-state index >= 15 is 0 Å². The number of nitrogens with one attached hydrogen (secondary N) is 1. The van der Waals surface area contributed by atoms with Crippen molar-refractivity contribution in [3.05, 3.63) is 17.7 Å². The summed E-state index contributed by atoms with van der Waals surface area (Å²) in [5.74, 6) is 0.154. The molecule has 0 aromatic heterocycles. The van der Waals surface area contributed by atoms with Crippen molar-refractivity contribution in [2.75, 3.05) is 5.32 Å². The summed E-state index contributed by atoms with van der Waals surface area (Å²) in [6.45, 7) is 5.93. The third-order valence-electron chi connectivity index (χ3n) is 4.18. The molecule has 4 nitrogen and oxygen atoms in total. The lowest BCUT2D eigenvalue weighted by Crippen LogP contribution is -2.17. The average molecular weight is 291 g/mol. The summed E-state index contributed by atoms with van der Waals surface area (Å²) >= 11 is 0. The van der Waals surface area contributed by atoms with Gasteiger partial charge in [0.05, 0.1) is 0 Å². The Kier molecular flexibility index (Phi) is 4.45. The van der Waals surface area contributed by atoms with Crippen molar-refractivity contribution >= 4 is 11.6 Å². The van der Waals surface area contributed by atoms with Crippen molar-refractivity contribution in [3.63, 3.8) is 0 Å². The van der Waals surface area contributed by atoms with Crippen molar-refractivity contribution in [1.29, 1.82) is 0 Å². The molecule has 1 aromatic rings. The molecular weight excluding hydrogens is 266 g/mol. The number of carbonyl (C=O) groups is 1. The smallest absolute Gasteiger partial charge is 0.224 e. The Morgan fingerprint density at radius 3 is 2.43 bits per heavy atom. The molecular formula is C17H25NO3. The Bertz CT molecular complexity index is 526. The van der Waals surface area contributed by atoms with Gasteiger partial charge in [0, 0.05) is 12.0 Å². The molecule has 1 saturated carbocycles. The molecule has 1 aromatic carbocycles. The van der Waals surface area contributed by atoms with E-state index in [1.54, 1.807) is 6.07 Å². The quantitative estimate of drug-likeness (QED) is 0.739. The maximum Gasteiger partial charge on any atom is 0.224 e. The van der Waals surface area contributed by atoms with Crippen LogP contribution >= 0.6 is 0 Å². The normalized spacial score (nSPS) is 16.1. The van der Waals surface area contributed by atoms with Crippen molar-refractivity contribution < 1.29 is 15.0 Å². The van der Waals surface area contributed by atoms with E-state index in [4.69, 9.17) is 0 Å². The third-order valence-corrected chi connectivity index (χ3v) is 4.18. The first-order chi connectivity index (χ1) is 9.79. The predicted molar refractivity (Wildman–Crippen MR) is 83.7 cm³/mol. The van der Waals surface area contributed by atoms with E-state index in [1.807, 2.05) is 20.8 Å². The third kappa shape index (κ3) is 3.69. The summed E-state index contributed by atoms with van der Waals surface area (Å²) in [6.07, 6.45) is 5.02. The van der Waals surface area contributed by atoms with E-state index in [0.717, 1.165) is 12.8 Å². The molecule has 3 N–H and O–H groups in total. The van der Waals surface area contributed by atoms with Gasteiger partial charge >= 0.3 is 0 Å². The second-order valence-electron chi connectivity index (χ2n) is 7.01. The standard InChI is InChI=1S/C17H25NO3/c1-17(2,3)12-8-9-13(19)15(16(12)21)18-14(20)10-11-6-4-5-7-11/h8-9,11,19,21H,4-7,10H2,1-3H3,(H,18,20). The Labute approximate surface area is 126 Å². The molecule has 0 radical (unpaired) electrons. The highest BCUT2D eigenvalue weighted by Crippen LogP contribution is 2.41. The maximum atomic E-state index is 12.1. The Hall–Kier alpha value is -1.71. The summed E-state index contributed by atoms with van der Waals surface area (Å²) in [5, 5.41) is 22.9. The zero-order valence-electron chi connectivity index (χ0n) is 13.1. The zero-order chi connectivity index (χ0) is 15.6. The van der Waals surface area contributed by atoms with Gasteiger partial charge < -0.3 is 15.5 Å². The molecule has 21 heavy (non-hydrogen) atoms. The van der Waals surface area contributed by atoms with Gasteiger partial charge in [0.1, 0.15) is 17.2 Å². The summed E-state index contributed by atoms with van der Waals surface area (Å²) < 4.78 is 0. The predicted octanol–water partition coefficient (Wildman–Crippen LogP) is 3.91. The van der Waals surface area contributed by atoms with Crippen LogP contribution in [-0.2, 0) is 10.2 Å². The maximum absolute atomic E-state index is 12.1. The molecule has 0 atom stereocenters. The van der Waals surface area contributed by atoms with E-state index in [0.29, 0.717) is 17.9 Å². The first-order valence-electron chi connectivity index (χ1n) is 7.64. The molecule has 2 rings (SSSR count). The molecule has 0 spiro atoms. The first kappa shape index (κ1) is 15.7. The van der Waals surface area contributed by atoms with E-state index in [2.05, 4.69) is 5.32 Å². The first-order valence-corrected chi connectivity index (χ1v) is 7.64. The molecule has 0 saturated heterocycles. The highest BCUT2D eigenvalue weighted by molar-refractivity contribution is 5.94. The molecule has 1 amide bonds. The number of carbonyl (C=O) groups excluding carboxylic acids is 1. The number of amides is 1. The van der Waals surface area contributed by atoms with Crippen LogP contribution < -0.4 is 5.32 Å². The zero-order valence-corrected chi connectivity index (χ0v) is 13.1. The van der Waals surface area contributed by atoms with Crippen LogP contribution in [0.25, 0.3) is 0 Å². The van der Waals surface area contributed by atoms with Crippen molar-refractivity contribution in [3.8, 4) is 11.5 Å². The largest absolute Gasteiger partial charge is 0.506 e. The molecule has 4 heteroatoms. The van der Waals surface area contributed by atoms with Crippen LogP contribution in [0.5, 0.6) is 11.5 Å². The second-order valence-corrected chi connectivity index (χ2v) is 7.01. The number of phenols is 2. The van der Waals surface area contributed by atoms with Crippen LogP contribution in [0.1, 0.15) is 58.4 Å². The highest BCUT2D eigenvalue weighted by atomic mass is 16.3. The number of hydrogen-bond acceptors (Lipinski definition) is 3. The van der Waals surface area contributed by atoms with Crippen LogP contribution in [0.3, 0.4) is 0 Å². The van der Waals surface area contributed by atoms with Gasteiger partial charge in [-0.2, -0.15) is 0 Å². The van der Waals surface area contributed by atoms with Crippen LogP contribution in [0.15, 0.2) is 12.1 Å². The minimum atomic E-state index is -0.261. The molecule has 0 bridgehead atoms. The lowest BCUT2D eigenvalue weighted by molar-refractivity contribution is -0.117. The minimum Gasteiger partial charge on any atom is -0.506 e. The van der Waals surface area contributed by atoms with Gasteiger partial charge in [0.15, 0.2) is 0 Å². The van der Waals surface area contributed by atoms with Gasteiger partial charge in [-0.1, -0.05) is 39.7 Å². The highest BCUT2D eigenvalue weighted by Gasteiger charge is 2.24. The fraction of sp³-hybridized carbons (Fsp3) is 0.588. The summed E-state index contributed by atoms with van der Waals surface area (Å²) in [6, 6.07) is 3.21. The Balaban J connectivity index is 2.17. The van der Waals surface area contributed by atoms with Crippen LogP contribution in [0.4, 0.5) is 5.69 Å². The van der Waals surface area contributed by atoms with E-state index in [1.165, 1.54) is 18.9 Å². The van der Waals surface area contributed by atoms with Gasteiger partial charge in [-0.3, -0.25) is 4.79 Å². The topological polar surface area (TPSA) is 69.6 Å². The van der Waals surface area contributed by atoms with Gasteiger partial charge in [0.25, 0.3) is 0 Å². The van der Waals surface area contributed by atoms with Crippen molar-refractivity contribution in [1.82, 2.24) is 0 Å². The van der Waals surface area contributed by atoms with E-state index in [-0.39, 0.29) is 28.5 Å². The van der Waals surface area contributed by atoms with Gasteiger partial charge in [-0.25, -0.2) is 0 Å². The molecule has 1 aliphatic carbocycles. The number of benzene rings is 1. The molecule has 0 aliphatic heterocycles. The van der Waals surface area contributed by atoms with Crippen LogP contribution in [0.2, 0.25) is 0 Å². The Morgan fingerprint density at radius 1 is 1.24 bits per heavy atom. The number of rotatable bonds is 3. The van der Waals surface area contributed by atoms with Crippen molar-refractivity contribution in [2.45, 2.75) is 58.3 Å². The number of phenolic OH excluding ortho intramolecular Hbond substituents is 2. The van der Waals surface area contributed by atoms with Gasteiger partial charge in [-0.05, 0) is 30.2 Å². The molecule has 1 fully saturated rings. The average Bonchev–Trinajstić information content (AvgIpc) is 2.85. The number of aromatic hydroxyl groups is 2. The monoisotopic (exact) mass is 291 g/mol. The number of hydrogen-bond donors (Lipinski definition) is 3. The second kappa shape index (κ2) is 5.96. The van der Waals surface area contributed by atoms with E-state index in [9.17, 15) is 15.0 Å². The Morgan fingerprint density at radius 2 is 1.86 bits per heavy atom. The molecule has 116 valence electrons. The van der Waals surface area contributed by atoms with E-state index < -0.39 is 0 Å². The summed E-state index contributed by atoms with van der Waals surface area (Å²) in [7, 11) is 0. The van der Waals surface area contributed by atoms with Crippen LogP contribution in [0, 0.1) is 5.92 Å². The number of anilines is 1. The van der Waals surface area contributed by atoms with Crippen LogP contribution in [-0.4, -0.2) is 16.1 Å². The molecule has 0 heterocycles. The molecule has 0 unspecified atom stereocenters. The van der Waals surface area contributed by atoms with Crippen molar-refractivity contribution in [2.24, 2.45) is 5.92 Å². The fourth-order valence-corrected chi connectivity index (χ4v) is 2.98. The summed E-state index contributed by atoms with van der Waals surface area (Å²) in [5.41, 5.74) is 0.574. The fourth-order valence-electron chi connectivity index (χ4n) is 2.98. The minimum absolute atomic E-state index is 0.0396. The summed E-state index contributed by atoms with van der Waals surface area (Å²) in [4.78, 5) is 12.1. The lowest BCUT2D eigenvalue weighted by Gasteiger charge is -2.22. The lowest BCUT2D eigenvalue weighted by atomic mass is 9.86.